The van der Waals surface area contributed by atoms with E-state index in [0.717, 1.165) is 25.1 Å². The van der Waals surface area contributed by atoms with Gasteiger partial charge >= 0.3 is 0 Å². The monoisotopic (exact) mass is 247 g/mol. The molecule has 0 amide bonds. The zero-order valence-corrected chi connectivity index (χ0v) is 11.0. The van der Waals surface area contributed by atoms with Gasteiger partial charge in [0.15, 0.2) is 0 Å². The molecular weight excluding hydrogens is 226 g/mol. The Kier molecular flexibility index (Phi) is 4.59. The first-order chi connectivity index (χ1) is 8.74. The topological polar surface area (TPSA) is 43.0 Å². The van der Waals surface area contributed by atoms with Crippen molar-refractivity contribution in [2.45, 2.75) is 45.3 Å². The van der Waals surface area contributed by atoms with Crippen LogP contribution < -0.4 is 5.32 Å². The Morgan fingerprint density at radius 3 is 2.94 bits per heavy atom. The molecule has 98 valence electrons. The van der Waals surface area contributed by atoms with E-state index in [-0.39, 0.29) is 0 Å². The van der Waals surface area contributed by atoms with Crippen molar-refractivity contribution in [3.63, 3.8) is 0 Å². The van der Waals surface area contributed by atoms with Crippen LogP contribution in [-0.2, 0) is 13.0 Å². The molecule has 2 unspecified atom stereocenters. The number of aryl methyl sites for hydroxylation is 1. The van der Waals surface area contributed by atoms with Crippen molar-refractivity contribution in [2.75, 3.05) is 0 Å². The van der Waals surface area contributed by atoms with Gasteiger partial charge in [0, 0.05) is 37.4 Å². The van der Waals surface area contributed by atoms with Crippen molar-refractivity contribution in [3.05, 3.63) is 42.9 Å². The maximum absolute atomic E-state index is 5.33. The van der Waals surface area contributed by atoms with Crippen molar-refractivity contribution < 1.29 is 4.42 Å². The van der Waals surface area contributed by atoms with Crippen molar-refractivity contribution in [1.29, 1.82) is 0 Å². The number of aromatic nitrogens is 2. The van der Waals surface area contributed by atoms with Crippen LogP contribution in [0.1, 0.15) is 26.0 Å². The lowest BCUT2D eigenvalue weighted by Gasteiger charge is -2.20. The maximum Gasteiger partial charge on any atom is 0.103 e. The molecule has 4 heteroatoms. The summed E-state index contributed by atoms with van der Waals surface area (Å²) < 4.78 is 7.43. The van der Waals surface area contributed by atoms with Gasteiger partial charge in [0.2, 0.25) is 0 Å². The second-order valence-corrected chi connectivity index (χ2v) is 4.85. The Morgan fingerprint density at radius 1 is 1.39 bits per heavy atom. The molecule has 0 spiro atoms. The highest BCUT2D eigenvalue weighted by atomic mass is 16.3. The van der Waals surface area contributed by atoms with Crippen molar-refractivity contribution >= 4 is 0 Å². The number of hydrogen-bond acceptors (Lipinski definition) is 3. The van der Waals surface area contributed by atoms with E-state index in [9.17, 15) is 0 Å². The molecule has 0 saturated carbocycles. The summed E-state index contributed by atoms with van der Waals surface area (Å²) in [5, 5.41) is 3.59. The van der Waals surface area contributed by atoms with Gasteiger partial charge < -0.3 is 14.3 Å². The standard InChI is InChI=1S/C14H21N3O/c1-12(5-6-14-4-3-9-18-14)16-13(2)10-17-8-7-15-11-17/h3-4,7-9,11-13,16H,5-6,10H2,1-2H3. The number of furan rings is 1. The highest BCUT2D eigenvalue weighted by Crippen LogP contribution is 2.06. The molecule has 0 bridgehead atoms. The summed E-state index contributed by atoms with van der Waals surface area (Å²) in [6, 6.07) is 4.89. The molecule has 2 aromatic rings. The third-order valence-corrected chi connectivity index (χ3v) is 3.02. The summed E-state index contributed by atoms with van der Waals surface area (Å²) in [5.74, 6) is 1.06. The Balaban J connectivity index is 1.68. The molecular formula is C14H21N3O. The number of hydrogen-bond donors (Lipinski definition) is 1. The minimum absolute atomic E-state index is 0.436. The molecule has 2 heterocycles. The van der Waals surface area contributed by atoms with Crippen LogP contribution in [0.5, 0.6) is 0 Å². The van der Waals surface area contributed by atoms with E-state index in [1.807, 2.05) is 30.9 Å². The first-order valence-corrected chi connectivity index (χ1v) is 6.48. The summed E-state index contributed by atoms with van der Waals surface area (Å²) >= 11 is 0. The highest BCUT2D eigenvalue weighted by molar-refractivity contribution is 4.98. The third-order valence-electron chi connectivity index (χ3n) is 3.02. The van der Waals surface area contributed by atoms with Crippen molar-refractivity contribution in [2.24, 2.45) is 0 Å². The fourth-order valence-electron chi connectivity index (χ4n) is 2.15. The van der Waals surface area contributed by atoms with E-state index in [1.54, 1.807) is 6.26 Å². The Hall–Kier alpha value is -1.55. The van der Waals surface area contributed by atoms with Gasteiger partial charge in [0.1, 0.15) is 5.76 Å². The van der Waals surface area contributed by atoms with E-state index < -0.39 is 0 Å². The quantitative estimate of drug-likeness (QED) is 0.817. The Morgan fingerprint density at radius 2 is 2.28 bits per heavy atom. The predicted molar refractivity (Wildman–Crippen MR) is 71.3 cm³/mol. The predicted octanol–water partition coefficient (Wildman–Crippen LogP) is 2.48. The normalized spacial score (nSPS) is 14.6. The lowest BCUT2D eigenvalue weighted by Crippen LogP contribution is -2.37. The number of rotatable bonds is 7. The van der Waals surface area contributed by atoms with E-state index in [0.29, 0.717) is 12.1 Å². The van der Waals surface area contributed by atoms with E-state index in [2.05, 4.69) is 28.7 Å². The zero-order valence-electron chi connectivity index (χ0n) is 11.0. The van der Waals surface area contributed by atoms with Crippen LogP contribution in [0.2, 0.25) is 0 Å². The molecule has 1 N–H and O–H groups in total. The summed E-state index contributed by atoms with van der Waals surface area (Å²) in [4.78, 5) is 4.05. The summed E-state index contributed by atoms with van der Waals surface area (Å²) in [6.45, 7) is 5.36. The van der Waals surface area contributed by atoms with Gasteiger partial charge in [-0.15, -0.1) is 0 Å². The Bertz CT molecular complexity index is 422. The van der Waals surface area contributed by atoms with Crippen LogP contribution in [0.15, 0.2) is 41.5 Å². The van der Waals surface area contributed by atoms with E-state index >= 15 is 0 Å². The molecule has 0 radical (unpaired) electrons. The SMILES string of the molecule is CC(CCc1ccco1)NC(C)Cn1ccnc1. The summed E-state index contributed by atoms with van der Waals surface area (Å²) in [7, 11) is 0. The fourth-order valence-corrected chi connectivity index (χ4v) is 2.15. The lowest BCUT2D eigenvalue weighted by molar-refractivity contribution is 0.397. The van der Waals surface area contributed by atoms with Crippen LogP contribution in [0, 0.1) is 0 Å². The third kappa shape index (κ3) is 4.04. The molecule has 0 saturated heterocycles. The summed E-state index contributed by atoms with van der Waals surface area (Å²) in [5.41, 5.74) is 0. The first-order valence-electron chi connectivity index (χ1n) is 6.48. The van der Waals surface area contributed by atoms with Gasteiger partial charge in [0.05, 0.1) is 12.6 Å². The molecule has 0 aliphatic rings. The molecule has 18 heavy (non-hydrogen) atoms. The molecule has 0 fully saturated rings. The number of nitrogens with zero attached hydrogens (tertiary/aromatic N) is 2. The average Bonchev–Trinajstić information content (AvgIpc) is 2.98. The zero-order chi connectivity index (χ0) is 12.8. The van der Waals surface area contributed by atoms with Gasteiger partial charge in [-0.2, -0.15) is 0 Å². The molecule has 2 aromatic heterocycles. The second-order valence-electron chi connectivity index (χ2n) is 4.85. The van der Waals surface area contributed by atoms with Crippen LogP contribution in [0.3, 0.4) is 0 Å². The largest absolute Gasteiger partial charge is 0.469 e. The summed E-state index contributed by atoms with van der Waals surface area (Å²) in [6.07, 6.45) is 9.46. The van der Waals surface area contributed by atoms with Crippen molar-refractivity contribution in [3.8, 4) is 0 Å². The van der Waals surface area contributed by atoms with Gasteiger partial charge in [-0.1, -0.05) is 0 Å². The van der Waals surface area contributed by atoms with E-state index in [4.69, 9.17) is 4.42 Å². The molecule has 0 aliphatic carbocycles. The van der Waals surface area contributed by atoms with Crippen LogP contribution >= 0.6 is 0 Å². The molecule has 4 nitrogen and oxygen atoms in total. The molecule has 2 rings (SSSR count). The van der Waals surface area contributed by atoms with Gasteiger partial charge in [-0.25, -0.2) is 4.98 Å². The van der Waals surface area contributed by atoms with Gasteiger partial charge in [-0.3, -0.25) is 0 Å². The fraction of sp³-hybridized carbons (Fsp3) is 0.500. The van der Waals surface area contributed by atoms with Gasteiger partial charge in [0.25, 0.3) is 0 Å². The van der Waals surface area contributed by atoms with Crippen LogP contribution in [-0.4, -0.2) is 21.6 Å². The first kappa shape index (κ1) is 12.9. The smallest absolute Gasteiger partial charge is 0.103 e. The minimum Gasteiger partial charge on any atom is -0.469 e. The molecule has 0 aromatic carbocycles. The number of imidazole rings is 1. The Labute approximate surface area is 108 Å². The van der Waals surface area contributed by atoms with Crippen LogP contribution in [0.25, 0.3) is 0 Å². The highest BCUT2D eigenvalue weighted by Gasteiger charge is 2.08. The minimum atomic E-state index is 0.436. The van der Waals surface area contributed by atoms with E-state index in [1.165, 1.54) is 0 Å². The molecule has 2 atom stereocenters. The average molecular weight is 247 g/mol. The van der Waals surface area contributed by atoms with Crippen molar-refractivity contribution in [1.82, 2.24) is 14.9 Å². The number of nitrogens with one attached hydrogen (secondary N) is 1. The van der Waals surface area contributed by atoms with Crippen LogP contribution in [0.4, 0.5) is 0 Å². The lowest BCUT2D eigenvalue weighted by atomic mass is 10.1. The van der Waals surface area contributed by atoms with Gasteiger partial charge in [-0.05, 0) is 32.4 Å². The molecule has 0 aliphatic heterocycles. The maximum atomic E-state index is 5.33. The second kappa shape index (κ2) is 6.40.